The van der Waals surface area contributed by atoms with Gasteiger partial charge in [0.1, 0.15) is 11.6 Å². The average Bonchev–Trinajstić information content (AvgIpc) is 2.39. The maximum absolute atomic E-state index is 13.7. The Balaban J connectivity index is 1.94. The van der Waals surface area contributed by atoms with E-state index in [9.17, 15) is 13.9 Å². The summed E-state index contributed by atoms with van der Waals surface area (Å²) in [5.41, 5.74) is -0.717. The van der Waals surface area contributed by atoms with E-state index in [1.54, 1.807) is 0 Å². The van der Waals surface area contributed by atoms with Crippen molar-refractivity contribution in [2.24, 2.45) is 0 Å². The molecule has 0 atom stereocenters. The van der Waals surface area contributed by atoms with Gasteiger partial charge in [0, 0.05) is 18.7 Å². The van der Waals surface area contributed by atoms with Crippen molar-refractivity contribution in [2.45, 2.75) is 44.2 Å². The monoisotopic (exact) mass is 333 g/mol. The SMILES string of the molecule is OC1(CNCc2c(F)ccc(Br)c2F)CCCCC1. The highest BCUT2D eigenvalue weighted by Gasteiger charge is 2.28. The van der Waals surface area contributed by atoms with Gasteiger partial charge < -0.3 is 10.4 Å². The highest BCUT2D eigenvalue weighted by Crippen LogP contribution is 2.27. The second kappa shape index (κ2) is 6.29. The van der Waals surface area contributed by atoms with Crippen molar-refractivity contribution in [3.63, 3.8) is 0 Å². The summed E-state index contributed by atoms with van der Waals surface area (Å²) in [6, 6.07) is 2.59. The molecule has 5 heteroatoms. The zero-order chi connectivity index (χ0) is 13.9. The molecular formula is C14H18BrF2NO. The van der Waals surface area contributed by atoms with Gasteiger partial charge in [0.2, 0.25) is 0 Å². The topological polar surface area (TPSA) is 32.3 Å². The summed E-state index contributed by atoms with van der Waals surface area (Å²) in [6.07, 6.45) is 4.68. The Bertz CT molecular complexity index is 447. The summed E-state index contributed by atoms with van der Waals surface area (Å²) in [6.45, 7) is 0.456. The van der Waals surface area contributed by atoms with E-state index in [0.29, 0.717) is 6.54 Å². The van der Waals surface area contributed by atoms with Crippen LogP contribution in [0.2, 0.25) is 0 Å². The van der Waals surface area contributed by atoms with Crippen LogP contribution < -0.4 is 5.32 Å². The Morgan fingerprint density at radius 3 is 2.58 bits per heavy atom. The van der Waals surface area contributed by atoms with E-state index in [1.165, 1.54) is 12.1 Å². The molecule has 1 saturated carbocycles. The Morgan fingerprint density at radius 1 is 1.21 bits per heavy atom. The van der Waals surface area contributed by atoms with E-state index in [4.69, 9.17) is 0 Å². The first kappa shape index (κ1) is 14.9. The van der Waals surface area contributed by atoms with Gasteiger partial charge in [-0.1, -0.05) is 19.3 Å². The molecule has 1 aliphatic rings. The van der Waals surface area contributed by atoms with Crippen LogP contribution in [-0.2, 0) is 6.54 Å². The van der Waals surface area contributed by atoms with Crippen molar-refractivity contribution in [3.8, 4) is 0 Å². The Morgan fingerprint density at radius 2 is 1.89 bits per heavy atom. The zero-order valence-corrected chi connectivity index (χ0v) is 12.3. The molecule has 0 aliphatic heterocycles. The lowest BCUT2D eigenvalue weighted by Crippen LogP contribution is -2.42. The van der Waals surface area contributed by atoms with Crippen LogP contribution in [0.5, 0.6) is 0 Å². The summed E-state index contributed by atoms with van der Waals surface area (Å²) in [5, 5.41) is 13.3. The predicted octanol–water partition coefficient (Wildman–Crippen LogP) is 3.51. The van der Waals surface area contributed by atoms with Crippen molar-refractivity contribution >= 4 is 15.9 Å². The first-order chi connectivity index (χ1) is 9.02. The normalized spacial score (nSPS) is 18.5. The summed E-state index contributed by atoms with van der Waals surface area (Å²) in [7, 11) is 0. The molecule has 0 amide bonds. The molecule has 0 unspecified atom stereocenters. The number of aliphatic hydroxyl groups is 1. The van der Waals surface area contributed by atoms with Crippen LogP contribution in [0, 0.1) is 11.6 Å². The Labute approximate surface area is 120 Å². The number of rotatable bonds is 4. The lowest BCUT2D eigenvalue weighted by molar-refractivity contribution is 0.00456. The van der Waals surface area contributed by atoms with E-state index in [0.717, 1.165) is 32.1 Å². The van der Waals surface area contributed by atoms with Gasteiger partial charge in [-0.05, 0) is 40.9 Å². The Hall–Kier alpha value is -0.520. The van der Waals surface area contributed by atoms with E-state index in [1.807, 2.05) is 0 Å². The molecule has 2 N–H and O–H groups in total. The fourth-order valence-electron chi connectivity index (χ4n) is 2.54. The van der Waals surface area contributed by atoms with Crippen LogP contribution >= 0.6 is 15.9 Å². The smallest absolute Gasteiger partial charge is 0.144 e. The van der Waals surface area contributed by atoms with Gasteiger partial charge in [-0.3, -0.25) is 0 Å². The van der Waals surface area contributed by atoms with Crippen LogP contribution in [0.15, 0.2) is 16.6 Å². The minimum Gasteiger partial charge on any atom is -0.389 e. The second-order valence-electron chi connectivity index (χ2n) is 5.21. The van der Waals surface area contributed by atoms with Gasteiger partial charge in [-0.15, -0.1) is 0 Å². The maximum atomic E-state index is 13.7. The molecule has 0 aromatic heterocycles. The summed E-state index contributed by atoms with van der Waals surface area (Å²) in [4.78, 5) is 0. The van der Waals surface area contributed by atoms with Crippen molar-refractivity contribution in [1.29, 1.82) is 0 Å². The predicted molar refractivity (Wildman–Crippen MR) is 73.8 cm³/mol. The zero-order valence-electron chi connectivity index (χ0n) is 10.7. The Kier molecular flexibility index (Phi) is 4.92. The van der Waals surface area contributed by atoms with Gasteiger partial charge in [0.15, 0.2) is 0 Å². The number of hydrogen-bond donors (Lipinski definition) is 2. The minimum absolute atomic E-state index is 0.00813. The molecule has 0 saturated heterocycles. The fraction of sp³-hybridized carbons (Fsp3) is 0.571. The van der Waals surface area contributed by atoms with E-state index < -0.39 is 17.2 Å². The molecule has 0 spiro atoms. The molecule has 106 valence electrons. The standard InChI is InChI=1S/C14H18BrF2NO/c15-11-4-5-12(16)10(13(11)17)8-18-9-14(19)6-2-1-3-7-14/h4-5,18-19H,1-3,6-9H2. The second-order valence-corrected chi connectivity index (χ2v) is 6.06. The molecule has 0 radical (unpaired) electrons. The molecule has 0 bridgehead atoms. The molecule has 1 aromatic carbocycles. The van der Waals surface area contributed by atoms with Gasteiger partial charge >= 0.3 is 0 Å². The third-order valence-electron chi connectivity index (χ3n) is 3.68. The molecule has 1 aliphatic carbocycles. The van der Waals surface area contributed by atoms with Crippen LogP contribution in [0.3, 0.4) is 0 Å². The maximum Gasteiger partial charge on any atom is 0.144 e. The number of hydrogen-bond acceptors (Lipinski definition) is 2. The number of nitrogens with one attached hydrogen (secondary N) is 1. The molecule has 1 aromatic rings. The summed E-state index contributed by atoms with van der Waals surface area (Å²) in [5.74, 6) is -1.15. The van der Waals surface area contributed by atoms with Crippen molar-refractivity contribution in [1.82, 2.24) is 5.32 Å². The van der Waals surface area contributed by atoms with Crippen molar-refractivity contribution < 1.29 is 13.9 Å². The van der Waals surface area contributed by atoms with Crippen LogP contribution in [0.4, 0.5) is 8.78 Å². The van der Waals surface area contributed by atoms with E-state index in [2.05, 4.69) is 21.2 Å². The summed E-state index contributed by atoms with van der Waals surface area (Å²) < 4.78 is 27.5. The third kappa shape index (κ3) is 3.74. The van der Waals surface area contributed by atoms with Gasteiger partial charge in [0.25, 0.3) is 0 Å². The average molecular weight is 334 g/mol. The number of benzene rings is 1. The molecule has 19 heavy (non-hydrogen) atoms. The molecule has 0 heterocycles. The molecule has 1 fully saturated rings. The largest absolute Gasteiger partial charge is 0.389 e. The minimum atomic E-state index is -0.725. The van der Waals surface area contributed by atoms with Gasteiger partial charge in [-0.25, -0.2) is 8.78 Å². The van der Waals surface area contributed by atoms with Crippen LogP contribution in [0.25, 0.3) is 0 Å². The highest BCUT2D eigenvalue weighted by atomic mass is 79.9. The first-order valence-electron chi connectivity index (χ1n) is 6.57. The lowest BCUT2D eigenvalue weighted by atomic mass is 9.85. The molecule has 2 nitrogen and oxygen atoms in total. The molecular weight excluding hydrogens is 316 g/mol. The van der Waals surface area contributed by atoms with Crippen LogP contribution in [0.1, 0.15) is 37.7 Å². The van der Waals surface area contributed by atoms with E-state index >= 15 is 0 Å². The van der Waals surface area contributed by atoms with Gasteiger partial charge in [0.05, 0.1) is 10.1 Å². The lowest BCUT2D eigenvalue weighted by Gasteiger charge is -2.32. The van der Waals surface area contributed by atoms with Crippen molar-refractivity contribution in [3.05, 3.63) is 33.8 Å². The molecule has 2 rings (SSSR count). The van der Waals surface area contributed by atoms with Crippen molar-refractivity contribution in [2.75, 3.05) is 6.54 Å². The highest BCUT2D eigenvalue weighted by molar-refractivity contribution is 9.10. The van der Waals surface area contributed by atoms with Crippen LogP contribution in [-0.4, -0.2) is 17.3 Å². The summed E-state index contributed by atoms with van der Waals surface area (Å²) >= 11 is 3.04. The third-order valence-corrected chi connectivity index (χ3v) is 4.29. The first-order valence-corrected chi connectivity index (χ1v) is 7.37. The number of halogens is 3. The van der Waals surface area contributed by atoms with Gasteiger partial charge in [-0.2, -0.15) is 0 Å². The quantitative estimate of drug-likeness (QED) is 0.826. The van der Waals surface area contributed by atoms with E-state index in [-0.39, 0.29) is 16.6 Å². The fourth-order valence-corrected chi connectivity index (χ4v) is 2.91.